The molecule has 2 N–H and O–H groups in total. The van der Waals surface area contributed by atoms with Crippen LogP contribution in [0, 0.1) is 10.1 Å². The molecule has 70 valence electrons. The molecule has 0 aliphatic carbocycles. The highest BCUT2D eigenvalue weighted by Gasteiger charge is 2.17. The van der Waals surface area contributed by atoms with E-state index in [2.05, 4.69) is 4.98 Å². The second kappa shape index (κ2) is 3.30. The number of rotatable bonds is 2. The SMILES string of the molecule is Nc1cc([N+](=O)[O-])ncc1C(F)F. The van der Waals surface area contributed by atoms with Crippen molar-refractivity contribution in [3.63, 3.8) is 0 Å². The normalized spacial score (nSPS) is 10.4. The van der Waals surface area contributed by atoms with E-state index in [1.165, 1.54) is 0 Å². The van der Waals surface area contributed by atoms with Gasteiger partial charge in [-0.05, 0) is 9.91 Å². The van der Waals surface area contributed by atoms with Crippen molar-refractivity contribution in [3.8, 4) is 0 Å². The lowest BCUT2D eigenvalue weighted by atomic mass is 10.2. The summed E-state index contributed by atoms with van der Waals surface area (Å²) in [5, 5.41) is 10.1. The molecule has 1 heterocycles. The number of pyridine rings is 1. The molecule has 0 atom stereocenters. The molecule has 0 unspecified atom stereocenters. The number of nitrogens with two attached hydrogens (primary N) is 1. The van der Waals surface area contributed by atoms with E-state index in [0.29, 0.717) is 6.20 Å². The highest BCUT2D eigenvalue weighted by molar-refractivity contribution is 5.50. The Morgan fingerprint density at radius 1 is 1.62 bits per heavy atom. The Balaban J connectivity index is 3.13. The van der Waals surface area contributed by atoms with Crippen LogP contribution in [0.1, 0.15) is 12.0 Å². The van der Waals surface area contributed by atoms with Crippen LogP contribution < -0.4 is 5.73 Å². The molecule has 0 aliphatic heterocycles. The second-order valence-corrected chi connectivity index (χ2v) is 2.23. The average Bonchev–Trinajstić information content (AvgIpc) is 2.03. The highest BCUT2D eigenvalue weighted by Crippen LogP contribution is 2.25. The van der Waals surface area contributed by atoms with Gasteiger partial charge in [-0.3, -0.25) is 0 Å². The van der Waals surface area contributed by atoms with Crippen LogP contribution in [0.25, 0.3) is 0 Å². The van der Waals surface area contributed by atoms with Gasteiger partial charge < -0.3 is 15.8 Å². The summed E-state index contributed by atoms with van der Waals surface area (Å²) in [6.45, 7) is 0. The summed E-state index contributed by atoms with van der Waals surface area (Å²) in [7, 11) is 0. The fraction of sp³-hybridized carbons (Fsp3) is 0.167. The molecule has 0 saturated carbocycles. The topological polar surface area (TPSA) is 82.0 Å². The van der Waals surface area contributed by atoms with Crippen LogP contribution >= 0.6 is 0 Å². The summed E-state index contributed by atoms with van der Waals surface area (Å²) in [4.78, 5) is 12.5. The van der Waals surface area contributed by atoms with E-state index in [0.717, 1.165) is 6.07 Å². The first-order valence-electron chi connectivity index (χ1n) is 3.20. The molecule has 1 aromatic heterocycles. The van der Waals surface area contributed by atoms with Gasteiger partial charge in [0.25, 0.3) is 6.43 Å². The van der Waals surface area contributed by atoms with Crippen molar-refractivity contribution in [2.45, 2.75) is 6.43 Å². The lowest BCUT2D eigenvalue weighted by Crippen LogP contribution is -1.99. The third-order valence-electron chi connectivity index (χ3n) is 1.38. The molecule has 5 nitrogen and oxygen atoms in total. The van der Waals surface area contributed by atoms with Gasteiger partial charge in [-0.15, -0.1) is 0 Å². The molecule has 0 aromatic carbocycles. The number of nitro groups is 1. The number of alkyl halides is 2. The monoisotopic (exact) mass is 189 g/mol. The molecular formula is C6H5F2N3O2. The van der Waals surface area contributed by atoms with Crippen molar-refractivity contribution in [1.29, 1.82) is 0 Å². The van der Waals surface area contributed by atoms with Crippen molar-refractivity contribution in [2.75, 3.05) is 5.73 Å². The summed E-state index contributed by atoms with van der Waals surface area (Å²) in [5.41, 5.74) is 4.32. The smallest absolute Gasteiger partial charge is 0.365 e. The third kappa shape index (κ3) is 1.86. The predicted molar refractivity (Wildman–Crippen MR) is 40.3 cm³/mol. The Kier molecular flexibility index (Phi) is 2.36. The van der Waals surface area contributed by atoms with Crippen molar-refractivity contribution in [2.24, 2.45) is 0 Å². The first-order valence-corrected chi connectivity index (χ1v) is 3.20. The summed E-state index contributed by atoms with van der Waals surface area (Å²) in [6, 6.07) is 0.807. The van der Waals surface area contributed by atoms with Gasteiger partial charge in [-0.1, -0.05) is 0 Å². The molecular weight excluding hydrogens is 184 g/mol. The lowest BCUT2D eigenvalue weighted by Gasteiger charge is -2.00. The van der Waals surface area contributed by atoms with Crippen LogP contribution in [0.4, 0.5) is 20.3 Å². The van der Waals surface area contributed by atoms with Crippen LogP contribution in [0.15, 0.2) is 12.3 Å². The van der Waals surface area contributed by atoms with Crippen LogP contribution in [-0.4, -0.2) is 9.91 Å². The summed E-state index contributed by atoms with van der Waals surface area (Å²) >= 11 is 0. The van der Waals surface area contributed by atoms with Gasteiger partial charge >= 0.3 is 5.82 Å². The molecule has 0 radical (unpaired) electrons. The Morgan fingerprint density at radius 2 is 2.23 bits per heavy atom. The van der Waals surface area contributed by atoms with Crippen molar-refractivity contribution >= 4 is 11.5 Å². The predicted octanol–water partition coefficient (Wildman–Crippen LogP) is 1.51. The maximum absolute atomic E-state index is 12.1. The number of halogens is 2. The van der Waals surface area contributed by atoms with Gasteiger partial charge in [-0.25, -0.2) is 8.78 Å². The fourth-order valence-corrected chi connectivity index (χ4v) is 0.752. The third-order valence-corrected chi connectivity index (χ3v) is 1.38. The first kappa shape index (κ1) is 9.30. The van der Waals surface area contributed by atoms with Gasteiger partial charge in [0, 0.05) is 0 Å². The minimum Gasteiger partial charge on any atom is -0.398 e. The molecule has 7 heteroatoms. The Hall–Kier alpha value is -1.79. The maximum atomic E-state index is 12.1. The first-order chi connectivity index (χ1) is 6.02. The number of anilines is 1. The van der Waals surface area contributed by atoms with E-state index in [-0.39, 0.29) is 5.69 Å². The van der Waals surface area contributed by atoms with Crippen molar-refractivity contribution in [1.82, 2.24) is 4.98 Å². The van der Waals surface area contributed by atoms with Crippen LogP contribution in [0.2, 0.25) is 0 Å². The van der Waals surface area contributed by atoms with Gasteiger partial charge in [-0.2, -0.15) is 0 Å². The molecule has 1 rings (SSSR count). The molecule has 0 amide bonds. The molecule has 0 aliphatic rings. The quantitative estimate of drug-likeness (QED) is 0.564. The zero-order chi connectivity index (χ0) is 10.0. The lowest BCUT2D eigenvalue weighted by molar-refractivity contribution is -0.389. The van der Waals surface area contributed by atoms with E-state index < -0.39 is 22.7 Å². The standard InChI is InChI=1S/C6H5F2N3O2/c7-6(8)3-2-10-5(11(12)13)1-4(3)9/h1-2,6H,(H2,9,10). The largest absolute Gasteiger partial charge is 0.398 e. The zero-order valence-electron chi connectivity index (χ0n) is 6.28. The van der Waals surface area contributed by atoms with Gasteiger partial charge in [0.15, 0.2) is 6.20 Å². The van der Waals surface area contributed by atoms with Gasteiger partial charge in [0.05, 0.1) is 17.3 Å². The van der Waals surface area contributed by atoms with Crippen LogP contribution in [0.5, 0.6) is 0 Å². The van der Waals surface area contributed by atoms with Crippen molar-refractivity contribution < 1.29 is 13.7 Å². The number of hydrogen-bond donors (Lipinski definition) is 1. The minimum atomic E-state index is -2.77. The van der Waals surface area contributed by atoms with E-state index in [1.54, 1.807) is 0 Å². The Labute approximate surface area is 71.3 Å². The summed E-state index contributed by atoms with van der Waals surface area (Å²) in [6.07, 6.45) is -2.06. The number of hydrogen-bond acceptors (Lipinski definition) is 4. The fourth-order valence-electron chi connectivity index (χ4n) is 0.752. The maximum Gasteiger partial charge on any atom is 0.365 e. The van der Waals surface area contributed by atoms with E-state index >= 15 is 0 Å². The summed E-state index contributed by atoms with van der Waals surface area (Å²) in [5.74, 6) is -0.540. The molecule has 13 heavy (non-hydrogen) atoms. The minimum absolute atomic E-state index is 0.322. The molecule has 0 fully saturated rings. The van der Waals surface area contributed by atoms with Crippen molar-refractivity contribution in [3.05, 3.63) is 27.9 Å². The van der Waals surface area contributed by atoms with E-state index in [9.17, 15) is 18.9 Å². The number of aromatic nitrogens is 1. The highest BCUT2D eigenvalue weighted by atomic mass is 19.3. The molecule has 0 saturated heterocycles. The van der Waals surface area contributed by atoms with Gasteiger partial charge in [0.1, 0.15) is 0 Å². The van der Waals surface area contributed by atoms with Crippen LogP contribution in [-0.2, 0) is 0 Å². The molecule has 1 aromatic rings. The number of nitrogens with zero attached hydrogens (tertiary/aromatic N) is 2. The number of nitrogen functional groups attached to an aromatic ring is 1. The molecule has 0 bridgehead atoms. The molecule has 0 spiro atoms. The second-order valence-electron chi connectivity index (χ2n) is 2.23. The van der Waals surface area contributed by atoms with E-state index in [4.69, 9.17) is 5.73 Å². The van der Waals surface area contributed by atoms with E-state index in [1.807, 2.05) is 0 Å². The average molecular weight is 189 g/mol. The zero-order valence-corrected chi connectivity index (χ0v) is 6.28. The van der Waals surface area contributed by atoms with Crippen LogP contribution in [0.3, 0.4) is 0 Å². The van der Waals surface area contributed by atoms with Gasteiger partial charge in [0.2, 0.25) is 0 Å². The Morgan fingerprint density at radius 3 is 2.62 bits per heavy atom. The summed E-state index contributed by atoms with van der Waals surface area (Å²) < 4.78 is 24.1. The Bertz CT molecular complexity index is 343.